The van der Waals surface area contributed by atoms with E-state index in [9.17, 15) is 0 Å². The van der Waals surface area contributed by atoms with E-state index in [0.29, 0.717) is 0 Å². The molecule has 0 saturated heterocycles. The zero-order chi connectivity index (χ0) is 10.5. The van der Waals surface area contributed by atoms with E-state index in [1.54, 1.807) is 0 Å². The van der Waals surface area contributed by atoms with Crippen LogP contribution in [-0.4, -0.2) is 9.17 Å². The van der Waals surface area contributed by atoms with Crippen molar-refractivity contribution in [2.75, 3.05) is 0 Å². The van der Waals surface area contributed by atoms with Gasteiger partial charge in [0.25, 0.3) is 0 Å². The molecular weight excluding hydrogens is 480 g/mol. The summed E-state index contributed by atoms with van der Waals surface area (Å²) in [7, 11) is -5.39. The van der Waals surface area contributed by atoms with Gasteiger partial charge in [0.05, 0.1) is 0 Å². The van der Waals surface area contributed by atoms with E-state index in [2.05, 4.69) is 0 Å². The molecule has 0 bridgehead atoms. The zero-order valence-corrected chi connectivity index (χ0v) is 18.5. The number of hydrogen-bond acceptors (Lipinski definition) is 7. The topological polar surface area (TPSA) is 147 Å². The third-order valence-electron chi connectivity index (χ3n) is 0. The normalized spacial score (nSPS) is 7.27. The van der Waals surface area contributed by atoms with Gasteiger partial charge >= 0.3 is 87.8 Å². The molecule has 0 fully saturated rings. The maximum absolute atomic E-state index is 8.55. The van der Waals surface area contributed by atoms with E-state index >= 15 is 0 Å². The number of phosphoric acid groups is 1. The van der Waals surface area contributed by atoms with Crippen molar-refractivity contribution in [3.63, 3.8) is 0 Å². The van der Waals surface area contributed by atoms with Crippen molar-refractivity contribution in [2.24, 2.45) is 0 Å². The summed E-state index contributed by atoms with van der Waals surface area (Å²) >= 11 is 0.450. The summed E-state index contributed by atoms with van der Waals surface area (Å²) in [5, 5.41) is 0. The second-order valence-electron chi connectivity index (χ2n) is 0.447. The van der Waals surface area contributed by atoms with Crippen LogP contribution >= 0.6 is 7.82 Å². The summed E-state index contributed by atoms with van der Waals surface area (Å²) in [5.41, 5.74) is 0. The molecule has 0 radical (unpaired) electrons. The number of hydrogen-bond donors (Lipinski definition) is 3. The van der Waals surface area contributed by atoms with Crippen LogP contribution in [0.25, 0.3) is 0 Å². The molecule has 0 aliphatic carbocycles. The molecule has 7 nitrogen and oxygen atoms in total. The van der Waals surface area contributed by atoms with E-state index < -0.39 is 7.82 Å². The minimum absolute atomic E-state index is 0.150. The van der Waals surface area contributed by atoms with Crippen LogP contribution in [0.1, 0.15) is 0 Å². The molecule has 0 spiro atoms. The van der Waals surface area contributed by atoms with E-state index in [4.69, 9.17) is 28.4 Å². The average Bonchev–Trinajstić information content (AvgIpc) is 1.96. The first-order valence-electron chi connectivity index (χ1n) is 1.68. The van der Waals surface area contributed by atoms with Crippen LogP contribution < -0.4 is 14.7 Å². The third kappa shape index (κ3) is 194. The third-order valence-corrected chi connectivity index (χ3v) is 0. The molecule has 0 aromatic heterocycles. The van der Waals surface area contributed by atoms with Gasteiger partial charge in [-0.05, 0) is 0 Å². The number of rotatable bonds is 0. The molecule has 0 unspecified atom stereocenters. The first-order chi connectivity index (χ1) is 5.00. The molecular formula is H3Cd3O7P. The monoisotopic (exact) mass is 488 g/mol. The molecule has 11 heteroatoms. The predicted octanol–water partition coefficient (Wildman–Crippen LogP) is -4.50. The molecule has 3 N–H and O–H groups in total. The molecule has 11 heavy (non-hydrogen) atoms. The van der Waals surface area contributed by atoms with Gasteiger partial charge in [-0.1, -0.05) is 0 Å². The molecule has 0 aromatic rings. The summed E-state index contributed by atoms with van der Waals surface area (Å²) in [6, 6.07) is 0. The van der Waals surface area contributed by atoms with Crippen molar-refractivity contribution < 1.29 is 107 Å². The van der Waals surface area contributed by atoms with Crippen LogP contribution in [-0.2, 0) is 83.2 Å². The fourth-order valence-electron chi connectivity index (χ4n) is 0. The standard InChI is InChI=1S/3Cd.H3O4P.3H2O/c;;;1-5(2,3)4;;;/h;;;(H3,1,2,3,4);3*1H2/q3*+2;;;;/p-6. The molecule has 0 heterocycles. The maximum atomic E-state index is 8.55. The Morgan fingerprint density at radius 3 is 0.818 bits per heavy atom. The van der Waals surface area contributed by atoms with E-state index in [0.717, 1.165) is 0 Å². The first kappa shape index (κ1) is 23.5. The molecule has 0 aromatic carbocycles. The average molecular weight is 483 g/mol. The molecule has 0 atom stereocenters. The fraction of sp³-hybridized carbons (Fsp3) is 0. The summed E-state index contributed by atoms with van der Waals surface area (Å²) in [6.07, 6.45) is 0. The Morgan fingerprint density at radius 2 is 0.818 bits per heavy atom. The Morgan fingerprint density at radius 1 is 0.818 bits per heavy atom. The van der Waals surface area contributed by atoms with Crippen molar-refractivity contribution in [3.8, 4) is 0 Å². The van der Waals surface area contributed by atoms with E-state index in [1.165, 1.54) is 0 Å². The van der Waals surface area contributed by atoms with Gasteiger partial charge in [-0.3, -0.25) is 0 Å². The molecule has 0 aliphatic heterocycles. The zero-order valence-electron chi connectivity index (χ0n) is 5.54. The van der Waals surface area contributed by atoms with Crippen molar-refractivity contribution in [1.29, 1.82) is 0 Å². The Kier molecular flexibility index (Phi) is 49.2. The van der Waals surface area contributed by atoms with Gasteiger partial charge in [0, 0.05) is 0 Å². The van der Waals surface area contributed by atoms with Crippen LogP contribution in [0.2, 0.25) is 0 Å². The van der Waals surface area contributed by atoms with Gasteiger partial charge in [-0.25, -0.2) is 0 Å². The molecule has 0 aliphatic rings. The van der Waals surface area contributed by atoms with Crippen LogP contribution in [0.5, 0.6) is 0 Å². The second-order valence-corrected chi connectivity index (χ2v) is 1.34. The van der Waals surface area contributed by atoms with Crippen LogP contribution in [0, 0.1) is 0 Å². The van der Waals surface area contributed by atoms with Gasteiger partial charge in [-0.15, -0.1) is 0 Å². The van der Waals surface area contributed by atoms with Crippen molar-refractivity contribution in [3.05, 3.63) is 0 Å². The second kappa shape index (κ2) is 23.0. The van der Waals surface area contributed by atoms with E-state index in [1.807, 2.05) is 0 Å². The molecule has 0 rings (SSSR count). The molecule has 0 amide bonds. The minimum atomic E-state index is -5.39. The summed E-state index contributed by atoms with van der Waals surface area (Å²) in [4.78, 5) is 25.6. The van der Waals surface area contributed by atoms with Gasteiger partial charge in [0.1, 0.15) is 0 Å². The Balaban J connectivity index is -0.0000000350. The quantitative estimate of drug-likeness (QED) is 0.233. The van der Waals surface area contributed by atoms with Crippen LogP contribution in [0.4, 0.5) is 0 Å². The first-order valence-corrected chi connectivity index (χ1v) is 8.55. The fourth-order valence-corrected chi connectivity index (χ4v) is 0. The molecule has 0 saturated carbocycles. The Labute approximate surface area is 113 Å². The van der Waals surface area contributed by atoms with Crippen molar-refractivity contribution in [1.82, 2.24) is 0 Å². The van der Waals surface area contributed by atoms with Crippen LogP contribution in [0.15, 0.2) is 0 Å². The summed E-state index contributed by atoms with van der Waals surface area (Å²) in [5.74, 6) is 0. The van der Waals surface area contributed by atoms with Crippen molar-refractivity contribution in [2.45, 2.75) is 0 Å². The molecule has 56 valence electrons. The summed E-state index contributed by atoms with van der Waals surface area (Å²) < 4.78 is 30.1. The van der Waals surface area contributed by atoms with Gasteiger partial charge < -0.3 is 19.2 Å². The SMILES string of the molecule is O=P([O-])([O-])[O-].[OH][Cd+].[OH][Cd+].[OH][Cd+]. The van der Waals surface area contributed by atoms with Gasteiger partial charge in [0.15, 0.2) is 0 Å². The summed E-state index contributed by atoms with van der Waals surface area (Å²) in [6.45, 7) is 0. The van der Waals surface area contributed by atoms with Crippen molar-refractivity contribution >= 4 is 7.82 Å². The predicted molar refractivity (Wildman–Crippen MR) is 14.3 cm³/mol. The Bertz CT molecular complexity index is 59.8. The van der Waals surface area contributed by atoms with Gasteiger partial charge in [0.2, 0.25) is 0 Å². The van der Waals surface area contributed by atoms with Gasteiger partial charge in [-0.2, -0.15) is 7.82 Å². The van der Waals surface area contributed by atoms with Crippen LogP contribution in [0.3, 0.4) is 0 Å². The Hall–Kier alpha value is 2.76. The van der Waals surface area contributed by atoms with E-state index in [-0.39, 0.29) is 78.7 Å².